The van der Waals surface area contributed by atoms with Gasteiger partial charge in [-0.25, -0.2) is 0 Å². The van der Waals surface area contributed by atoms with Crippen molar-refractivity contribution in [3.8, 4) is 0 Å². The summed E-state index contributed by atoms with van der Waals surface area (Å²) in [6, 6.07) is 0. The fourth-order valence-corrected chi connectivity index (χ4v) is 1.87. The third-order valence-corrected chi connectivity index (χ3v) is 2.71. The van der Waals surface area contributed by atoms with Crippen molar-refractivity contribution in [3.63, 3.8) is 0 Å². The number of nitrogens with zero attached hydrogens (tertiary/aromatic N) is 3. The molecule has 2 N–H and O–H groups in total. The van der Waals surface area contributed by atoms with Gasteiger partial charge in [-0.1, -0.05) is 6.92 Å². The number of ether oxygens (including phenoxy) is 1. The fraction of sp³-hybridized carbons (Fsp3) is 0.700. The highest BCUT2D eigenvalue weighted by atomic mass is 16.5. The second-order valence-corrected chi connectivity index (χ2v) is 3.88. The third kappa shape index (κ3) is 2.70. The van der Waals surface area contributed by atoms with Crippen molar-refractivity contribution in [1.82, 2.24) is 14.7 Å². The van der Waals surface area contributed by atoms with Crippen LogP contribution in [0.2, 0.25) is 0 Å². The molecule has 2 heterocycles. The van der Waals surface area contributed by atoms with Gasteiger partial charge in [-0.2, -0.15) is 5.10 Å². The summed E-state index contributed by atoms with van der Waals surface area (Å²) in [5.41, 5.74) is 6.31. The summed E-state index contributed by atoms with van der Waals surface area (Å²) in [6.45, 7) is 6.88. The Bertz CT molecular complexity index is 312. The van der Waals surface area contributed by atoms with Crippen molar-refractivity contribution in [2.45, 2.75) is 19.6 Å². The number of hydrogen-bond acceptors (Lipinski definition) is 4. The molecule has 0 spiro atoms. The molecule has 5 nitrogen and oxygen atoms in total. The van der Waals surface area contributed by atoms with Gasteiger partial charge in [0.25, 0.3) is 0 Å². The van der Waals surface area contributed by atoms with E-state index >= 15 is 0 Å². The van der Waals surface area contributed by atoms with Crippen molar-refractivity contribution in [2.24, 2.45) is 0 Å². The molecule has 1 aliphatic rings. The predicted molar refractivity (Wildman–Crippen MR) is 58.5 cm³/mol. The summed E-state index contributed by atoms with van der Waals surface area (Å²) in [4.78, 5) is 2.39. The largest absolute Gasteiger partial charge is 0.396 e. The lowest BCUT2D eigenvalue weighted by molar-refractivity contribution is -0.0357. The first-order chi connectivity index (χ1) is 7.28. The Morgan fingerprint density at radius 1 is 1.67 bits per heavy atom. The number of nitrogens with two attached hydrogens (primary N) is 1. The Morgan fingerprint density at radius 2 is 2.53 bits per heavy atom. The molecule has 15 heavy (non-hydrogen) atoms. The second kappa shape index (κ2) is 4.63. The Morgan fingerprint density at radius 3 is 3.20 bits per heavy atom. The van der Waals surface area contributed by atoms with Crippen LogP contribution in [0.3, 0.4) is 0 Å². The first-order valence-corrected chi connectivity index (χ1v) is 5.40. The first-order valence-electron chi connectivity index (χ1n) is 5.40. The predicted octanol–water partition coefficient (Wildman–Crippen LogP) is 0.186. The van der Waals surface area contributed by atoms with Gasteiger partial charge in [0, 0.05) is 19.3 Å². The van der Waals surface area contributed by atoms with Gasteiger partial charge >= 0.3 is 0 Å². The highest BCUT2D eigenvalue weighted by Gasteiger charge is 2.19. The molecule has 84 valence electrons. The van der Waals surface area contributed by atoms with Crippen molar-refractivity contribution >= 4 is 5.69 Å². The summed E-state index contributed by atoms with van der Waals surface area (Å²) in [5, 5.41) is 4.15. The molecule has 0 aromatic carbocycles. The molecule has 1 atom stereocenters. The lowest BCUT2D eigenvalue weighted by Crippen LogP contribution is -2.44. The van der Waals surface area contributed by atoms with Crippen molar-refractivity contribution in [1.29, 1.82) is 0 Å². The highest BCUT2D eigenvalue weighted by molar-refractivity contribution is 5.30. The van der Waals surface area contributed by atoms with E-state index in [1.807, 2.05) is 10.9 Å². The van der Waals surface area contributed by atoms with Crippen LogP contribution in [0.25, 0.3) is 0 Å². The molecule has 1 aromatic heterocycles. The van der Waals surface area contributed by atoms with Crippen LogP contribution in [-0.4, -0.2) is 47.0 Å². The maximum absolute atomic E-state index is 5.68. The summed E-state index contributed by atoms with van der Waals surface area (Å²) in [7, 11) is 0. The average Bonchev–Trinajstić information content (AvgIpc) is 2.64. The summed E-state index contributed by atoms with van der Waals surface area (Å²) < 4.78 is 7.53. The van der Waals surface area contributed by atoms with Crippen molar-refractivity contribution in [3.05, 3.63) is 12.4 Å². The average molecular weight is 210 g/mol. The van der Waals surface area contributed by atoms with E-state index in [-0.39, 0.29) is 6.10 Å². The van der Waals surface area contributed by atoms with Crippen LogP contribution < -0.4 is 5.73 Å². The standard InChI is InChI=1S/C10H18N4O/c1-2-13-3-4-15-10(7-13)8-14-6-9(11)5-12-14/h5-6,10H,2-4,7-8,11H2,1H3/t10-/m0/s1. The van der Waals surface area contributed by atoms with Gasteiger partial charge in [-0.15, -0.1) is 0 Å². The zero-order valence-electron chi connectivity index (χ0n) is 9.09. The first kappa shape index (κ1) is 10.4. The number of rotatable bonds is 3. The third-order valence-electron chi connectivity index (χ3n) is 2.71. The molecule has 0 saturated carbocycles. The zero-order chi connectivity index (χ0) is 10.7. The van der Waals surface area contributed by atoms with Crippen LogP contribution in [0, 0.1) is 0 Å². The Kier molecular flexibility index (Phi) is 3.23. The minimum absolute atomic E-state index is 0.234. The van der Waals surface area contributed by atoms with E-state index in [1.165, 1.54) is 0 Å². The molecule has 1 aromatic rings. The zero-order valence-corrected chi connectivity index (χ0v) is 9.09. The molecule has 5 heteroatoms. The molecule has 1 fully saturated rings. The van der Waals surface area contributed by atoms with Gasteiger partial charge in [-0.05, 0) is 6.54 Å². The quantitative estimate of drug-likeness (QED) is 0.773. The van der Waals surface area contributed by atoms with Gasteiger partial charge in [-0.3, -0.25) is 9.58 Å². The lowest BCUT2D eigenvalue weighted by Gasteiger charge is -2.31. The van der Waals surface area contributed by atoms with Crippen LogP contribution in [0.15, 0.2) is 12.4 Å². The van der Waals surface area contributed by atoms with E-state index < -0.39 is 0 Å². The number of morpholine rings is 1. The minimum atomic E-state index is 0.234. The molecule has 0 bridgehead atoms. The summed E-state index contributed by atoms with van der Waals surface area (Å²) in [6.07, 6.45) is 3.74. The molecule has 0 unspecified atom stereocenters. The monoisotopic (exact) mass is 210 g/mol. The van der Waals surface area contributed by atoms with Gasteiger partial charge in [0.05, 0.1) is 31.1 Å². The van der Waals surface area contributed by atoms with E-state index in [0.29, 0.717) is 5.69 Å². The normalized spacial score (nSPS) is 23.1. The lowest BCUT2D eigenvalue weighted by atomic mass is 10.2. The van der Waals surface area contributed by atoms with Crippen LogP contribution in [0.5, 0.6) is 0 Å². The van der Waals surface area contributed by atoms with E-state index in [1.54, 1.807) is 6.20 Å². The minimum Gasteiger partial charge on any atom is -0.396 e. The van der Waals surface area contributed by atoms with Gasteiger partial charge in [0.2, 0.25) is 0 Å². The SMILES string of the molecule is CCN1CCO[C@H](Cn2cc(N)cn2)C1. The van der Waals surface area contributed by atoms with E-state index in [2.05, 4.69) is 16.9 Å². The summed E-state index contributed by atoms with van der Waals surface area (Å²) in [5.74, 6) is 0. The van der Waals surface area contributed by atoms with E-state index in [4.69, 9.17) is 10.5 Å². The fourth-order valence-electron chi connectivity index (χ4n) is 1.87. The van der Waals surface area contributed by atoms with E-state index in [9.17, 15) is 0 Å². The molecule has 0 aliphatic carbocycles. The van der Waals surface area contributed by atoms with E-state index in [0.717, 1.165) is 32.8 Å². The van der Waals surface area contributed by atoms with Crippen LogP contribution >= 0.6 is 0 Å². The second-order valence-electron chi connectivity index (χ2n) is 3.88. The number of aromatic nitrogens is 2. The molecular weight excluding hydrogens is 192 g/mol. The molecular formula is C10H18N4O. The van der Waals surface area contributed by atoms with Crippen molar-refractivity contribution in [2.75, 3.05) is 32.0 Å². The summed E-state index contributed by atoms with van der Waals surface area (Å²) >= 11 is 0. The highest BCUT2D eigenvalue weighted by Crippen LogP contribution is 2.08. The van der Waals surface area contributed by atoms with Gasteiger partial charge < -0.3 is 10.5 Å². The van der Waals surface area contributed by atoms with Crippen LogP contribution in [0.1, 0.15) is 6.92 Å². The van der Waals surface area contributed by atoms with Crippen LogP contribution in [-0.2, 0) is 11.3 Å². The smallest absolute Gasteiger partial charge is 0.0898 e. The maximum atomic E-state index is 5.68. The Hall–Kier alpha value is -1.07. The number of nitrogen functional groups attached to an aromatic ring is 1. The molecule has 0 amide bonds. The maximum Gasteiger partial charge on any atom is 0.0898 e. The number of anilines is 1. The molecule has 0 radical (unpaired) electrons. The topological polar surface area (TPSA) is 56.3 Å². The van der Waals surface area contributed by atoms with Crippen molar-refractivity contribution < 1.29 is 4.74 Å². The molecule has 1 aliphatic heterocycles. The van der Waals surface area contributed by atoms with Crippen LogP contribution in [0.4, 0.5) is 5.69 Å². The number of hydrogen-bond donors (Lipinski definition) is 1. The Labute approximate surface area is 89.8 Å². The molecule has 2 rings (SSSR count). The van der Waals surface area contributed by atoms with Gasteiger partial charge in [0.1, 0.15) is 0 Å². The Balaban J connectivity index is 1.88. The van der Waals surface area contributed by atoms with Gasteiger partial charge in [0.15, 0.2) is 0 Å². The molecule has 1 saturated heterocycles. The number of likely N-dealkylation sites (N-methyl/N-ethyl adjacent to an activating group) is 1.